The molecule has 1 aliphatic rings. The molecular formula is C27H27BrN2O4. The molecule has 0 aromatic heterocycles. The minimum atomic E-state index is -1.24. The number of nitrogens with one attached hydrogen (secondary N) is 1. The Morgan fingerprint density at radius 2 is 1.44 bits per heavy atom. The normalized spacial score (nSPS) is 21.7. The molecule has 0 unspecified atom stereocenters. The highest BCUT2D eigenvalue weighted by Gasteiger charge is 2.64. The fourth-order valence-corrected chi connectivity index (χ4v) is 5.13. The molecule has 176 valence electrons. The predicted molar refractivity (Wildman–Crippen MR) is 134 cm³/mol. The minimum absolute atomic E-state index is 0.260. The second-order valence-electron chi connectivity index (χ2n) is 9.50. The number of hydrogen-bond acceptors (Lipinski definition) is 5. The molecule has 0 saturated carbocycles. The van der Waals surface area contributed by atoms with Crippen LogP contribution in [-0.2, 0) is 15.1 Å². The maximum Gasteiger partial charge on any atom is 0.324 e. The maximum atomic E-state index is 13.5. The van der Waals surface area contributed by atoms with E-state index in [1.165, 1.54) is 0 Å². The molecule has 0 bridgehead atoms. The van der Waals surface area contributed by atoms with Gasteiger partial charge in [0.1, 0.15) is 17.2 Å². The summed E-state index contributed by atoms with van der Waals surface area (Å²) in [6.07, 6.45) is 0. The van der Waals surface area contributed by atoms with Crippen molar-refractivity contribution in [3.05, 3.63) is 116 Å². The zero-order chi connectivity index (χ0) is 24.5. The molecule has 0 aliphatic carbocycles. The number of nitro groups is 1. The fourth-order valence-electron chi connectivity index (χ4n) is 4.87. The van der Waals surface area contributed by atoms with Crippen molar-refractivity contribution in [3.63, 3.8) is 0 Å². The lowest BCUT2D eigenvalue weighted by Crippen LogP contribution is -2.51. The Balaban J connectivity index is 1.98. The number of nitrogens with zero attached hydrogens (tertiary/aromatic N) is 1. The van der Waals surface area contributed by atoms with Crippen molar-refractivity contribution in [1.82, 2.24) is 5.32 Å². The van der Waals surface area contributed by atoms with E-state index in [0.29, 0.717) is 5.56 Å². The Hall–Kier alpha value is -3.03. The lowest BCUT2D eigenvalue weighted by atomic mass is 9.74. The van der Waals surface area contributed by atoms with Crippen LogP contribution in [0.15, 0.2) is 89.4 Å². The van der Waals surface area contributed by atoms with Crippen LogP contribution >= 0.6 is 15.9 Å². The number of carbonyl (C=O) groups excluding carboxylic acids is 1. The van der Waals surface area contributed by atoms with Crippen molar-refractivity contribution in [2.75, 3.05) is 0 Å². The molecule has 1 fully saturated rings. The van der Waals surface area contributed by atoms with E-state index >= 15 is 0 Å². The van der Waals surface area contributed by atoms with Crippen molar-refractivity contribution in [2.45, 2.75) is 49.9 Å². The van der Waals surface area contributed by atoms with Crippen LogP contribution in [0, 0.1) is 10.1 Å². The number of rotatable bonds is 5. The molecule has 0 amide bonds. The number of hydrogen-bond donors (Lipinski definition) is 1. The molecule has 1 N–H and O–H groups in total. The van der Waals surface area contributed by atoms with E-state index in [1.807, 2.05) is 84.9 Å². The van der Waals surface area contributed by atoms with E-state index in [4.69, 9.17) is 4.74 Å². The van der Waals surface area contributed by atoms with E-state index < -0.39 is 35.1 Å². The van der Waals surface area contributed by atoms with Gasteiger partial charge < -0.3 is 4.74 Å². The standard InChI is InChI=1S/C27H27BrN2O4/c1-26(2,3)34-25(31)23-22(18-14-16-21(28)17-15-18)24(30(32)33)27(29-23,19-10-6-4-7-11-19)20-12-8-5-9-13-20/h4-17,22-24,29H,1-3H3/t22-,23+,24+/m1/s1. The molecule has 4 rings (SSSR count). The molecule has 3 atom stereocenters. The molecule has 6 nitrogen and oxygen atoms in total. The first kappa shape index (κ1) is 24.1. The van der Waals surface area contributed by atoms with E-state index in [1.54, 1.807) is 20.8 Å². The smallest absolute Gasteiger partial charge is 0.324 e. The van der Waals surface area contributed by atoms with Gasteiger partial charge in [-0.15, -0.1) is 0 Å². The summed E-state index contributed by atoms with van der Waals surface area (Å²) in [5.41, 5.74) is 0.151. The first-order valence-corrected chi connectivity index (χ1v) is 11.9. The van der Waals surface area contributed by atoms with Gasteiger partial charge >= 0.3 is 5.97 Å². The van der Waals surface area contributed by atoms with Crippen LogP contribution in [0.1, 0.15) is 43.4 Å². The van der Waals surface area contributed by atoms with Gasteiger partial charge in [-0.2, -0.15) is 0 Å². The summed E-state index contributed by atoms with van der Waals surface area (Å²) in [7, 11) is 0. The summed E-state index contributed by atoms with van der Waals surface area (Å²) in [6.45, 7) is 5.38. The number of ether oxygens (including phenoxy) is 1. The van der Waals surface area contributed by atoms with Crippen LogP contribution in [0.2, 0.25) is 0 Å². The molecule has 7 heteroatoms. The Kier molecular flexibility index (Phi) is 6.60. The number of benzene rings is 3. The average molecular weight is 523 g/mol. The number of carbonyl (C=O) groups is 1. The second-order valence-corrected chi connectivity index (χ2v) is 10.4. The first-order valence-electron chi connectivity index (χ1n) is 11.1. The van der Waals surface area contributed by atoms with E-state index in [2.05, 4.69) is 21.2 Å². The van der Waals surface area contributed by atoms with Crippen molar-refractivity contribution in [3.8, 4) is 0 Å². The van der Waals surface area contributed by atoms with Gasteiger partial charge in [0.25, 0.3) is 0 Å². The van der Waals surface area contributed by atoms with Gasteiger partial charge in [0.05, 0.1) is 5.92 Å². The third-order valence-corrected chi connectivity index (χ3v) is 6.66. The summed E-state index contributed by atoms with van der Waals surface area (Å²) in [5.74, 6) is -1.28. The van der Waals surface area contributed by atoms with Crippen LogP contribution in [-0.4, -0.2) is 28.6 Å². The Labute approximate surface area is 207 Å². The Morgan fingerprint density at radius 3 is 1.88 bits per heavy atom. The van der Waals surface area contributed by atoms with Crippen LogP contribution in [0.5, 0.6) is 0 Å². The van der Waals surface area contributed by atoms with Crippen LogP contribution < -0.4 is 5.32 Å². The van der Waals surface area contributed by atoms with Gasteiger partial charge in [0.15, 0.2) is 0 Å². The lowest BCUT2D eigenvalue weighted by Gasteiger charge is -2.33. The van der Waals surface area contributed by atoms with Crippen molar-refractivity contribution in [1.29, 1.82) is 0 Å². The lowest BCUT2D eigenvalue weighted by molar-refractivity contribution is -0.533. The van der Waals surface area contributed by atoms with Gasteiger partial charge in [-0.1, -0.05) is 88.7 Å². The third kappa shape index (κ3) is 4.50. The third-order valence-electron chi connectivity index (χ3n) is 6.13. The van der Waals surface area contributed by atoms with Crippen LogP contribution in [0.25, 0.3) is 0 Å². The van der Waals surface area contributed by atoms with Gasteiger partial charge in [-0.05, 0) is 49.6 Å². The highest BCUT2D eigenvalue weighted by molar-refractivity contribution is 9.10. The summed E-state index contributed by atoms with van der Waals surface area (Å²) in [4.78, 5) is 26.1. The van der Waals surface area contributed by atoms with E-state index in [-0.39, 0.29) is 4.92 Å². The topological polar surface area (TPSA) is 81.5 Å². The monoisotopic (exact) mass is 522 g/mol. The SMILES string of the molecule is CC(C)(C)OC(=O)[C@H]1NC(c2ccccc2)(c2ccccc2)[C@@H]([N+](=O)[O-])[C@@H]1c1ccc(Br)cc1. The van der Waals surface area contributed by atoms with Gasteiger partial charge in [0, 0.05) is 9.40 Å². The average Bonchev–Trinajstić information content (AvgIpc) is 3.17. The van der Waals surface area contributed by atoms with Crippen LogP contribution in [0.4, 0.5) is 0 Å². The van der Waals surface area contributed by atoms with Gasteiger partial charge in [-0.25, -0.2) is 0 Å². The molecule has 0 spiro atoms. The zero-order valence-corrected chi connectivity index (χ0v) is 20.9. The van der Waals surface area contributed by atoms with E-state index in [0.717, 1.165) is 15.6 Å². The molecule has 0 radical (unpaired) electrons. The van der Waals surface area contributed by atoms with Crippen molar-refractivity contribution in [2.24, 2.45) is 0 Å². The predicted octanol–water partition coefficient (Wildman–Crippen LogP) is 5.44. The maximum absolute atomic E-state index is 13.5. The molecular weight excluding hydrogens is 496 g/mol. The Bertz CT molecular complexity index is 1120. The van der Waals surface area contributed by atoms with Gasteiger partial charge in [0.2, 0.25) is 6.04 Å². The summed E-state index contributed by atoms with van der Waals surface area (Å²) < 4.78 is 6.61. The zero-order valence-electron chi connectivity index (χ0n) is 19.3. The highest BCUT2D eigenvalue weighted by atomic mass is 79.9. The minimum Gasteiger partial charge on any atom is -0.459 e. The van der Waals surface area contributed by atoms with Crippen molar-refractivity contribution < 1.29 is 14.5 Å². The summed E-state index contributed by atoms with van der Waals surface area (Å²) in [5, 5.41) is 16.3. The second kappa shape index (κ2) is 9.31. The van der Waals surface area contributed by atoms with Crippen molar-refractivity contribution >= 4 is 21.9 Å². The van der Waals surface area contributed by atoms with E-state index in [9.17, 15) is 14.9 Å². The summed E-state index contributed by atoms with van der Waals surface area (Å²) >= 11 is 3.44. The van der Waals surface area contributed by atoms with Gasteiger partial charge in [-0.3, -0.25) is 20.2 Å². The molecule has 1 saturated heterocycles. The Morgan fingerprint density at radius 1 is 0.941 bits per heavy atom. The highest BCUT2D eigenvalue weighted by Crippen LogP contribution is 2.48. The first-order chi connectivity index (χ1) is 16.1. The summed E-state index contributed by atoms with van der Waals surface area (Å²) in [6, 6.07) is 23.9. The molecule has 1 aliphatic heterocycles. The fraction of sp³-hybridized carbons (Fsp3) is 0.296. The number of halogens is 1. The molecule has 34 heavy (non-hydrogen) atoms. The quantitative estimate of drug-likeness (QED) is 0.274. The largest absolute Gasteiger partial charge is 0.459 e. The molecule has 3 aromatic rings. The molecule has 1 heterocycles. The van der Waals surface area contributed by atoms with Crippen LogP contribution in [0.3, 0.4) is 0 Å². The number of esters is 1. The molecule has 3 aromatic carbocycles.